The Bertz CT molecular complexity index is 93.2. The summed E-state index contributed by atoms with van der Waals surface area (Å²) in [6.45, 7) is 15.1. The smallest absolute Gasteiger partial charge is 0.00163 e. The Balaban J connectivity index is 3.51. The highest BCUT2D eigenvalue weighted by Gasteiger charge is 2.08. The molecule has 0 aliphatic carbocycles. The Morgan fingerprint density at radius 3 is 1.83 bits per heavy atom. The van der Waals surface area contributed by atoms with Gasteiger partial charge in [-0.15, -0.1) is 0 Å². The van der Waals surface area contributed by atoms with Crippen LogP contribution in [0, 0.1) is 11.8 Å². The molecule has 1 atom stereocenters. The molecule has 1 heteroatoms. The number of hydrogen-bond donors (Lipinski definition) is 0. The fraction of sp³-hybridized carbons (Fsp3) is 1.00. The van der Waals surface area contributed by atoms with Crippen LogP contribution >= 0.6 is 0 Å². The maximum atomic E-state index is 2.50. The average molecular weight is 171 g/mol. The molecule has 0 aromatic heterocycles. The lowest BCUT2D eigenvalue weighted by Crippen LogP contribution is -2.26. The lowest BCUT2D eigenvalue weighted by Gasteiger charge is -2.22. The molecule has 0 unspecified atom stereocenters. The minimum absolute atomic E-state index is 0.834. The Hall–Kier alpha value is -0.0400. The molecular weight excluding hydrogens is 146 g/mol. The van der Waals surface area contributed by atoms with E-state index in [9.17, 15) is 0 Å². The van der Waals surface area contributed by atoms with Gasteiger partial charge in [0, 0.05) is 0 Å². The topological polar surface area (TPSA) is 3.24 Å². The van der Waals surface area contributed by atoms with Crippen molar-refractivity contribution in [2.24, 2.45) is 11.8 Å². The molecule has 1 nitrogen and oxygen atoms in total. The van der Waals surface area contributed by atoms with Gasteiger partial charge in [0.2, 0.25) is 0 Å². The highest BCUT2D eigenvalue weighted by atomic mass is 15.1. The first kappa shape index (κ1) is 12.0. The third-order valence-electron chi connectivity index (χ3n) is 2.93. The lowest BCUT2D eigenvalue weighted by molar-refractivity contribution is 0.260. The van der Waals surface area contributed by atoms with Crippen LogP contribution in [0.15, 0.2) is 0 Å². The molecule has 0 bridgehead atoms. The Morgan fingerprint density at radius 1 is 1.00 bits per heavy atom. The van der Waals surface area contributed by atoms with E-state index in [4.69, 9.17) is 0 Å². The molecule has 0 spiro atoms. The van der Waals surface area contributed by atoms with Gasteiger partial charge >= 0.3 is 0 Å². The number of rotatable bonds is 6. The van der Waals surface area contributed by atoms with Crippen molar-refractivity contribution in [2.75, 3.05) is 19.6 Å². The normalized spacial score (nSPS) is 14.2. The molecule has 12 heavy (non-hydrogen) atoms. The first-order valence-electron chi connectivity index (χ1n) is 5.34. The summed E-state index contributed by atoms with van der Waals surface area (Å²) in [6, 6.07) is 0. The van der Waals surface area contributed by atoms with Crippen molar-refractivity contribution in [1.29, 1.82) is 0 Å². The average Bonchev–Trinajstić information content (AvgIpc) is 2.05. The third kappa shape index (κ3) is 4.76. The van der Waals surface area contributed by atoms with Gasteiger partial charge in [0.25, 0.3) is 0 Å². The Labute approximate surface area is 78.1 Å². The summed E-state index contributed by atoms with van der Waals surface area (Å²) in [5.74, 6) is 1.70. The number of hydrogen-bond acceptors (Lipinski definition) is 1. The maximum absolute atomic E-state index is 2.50. The summed E-state index contributed by atoms with van der Waals surface area (Å²) >= 11 is 0. The van der Waals surface area contributed by atoms with Gasteiger partial charge in [-0.05, 0) is 37.9 Å². The van der Waals surface area contributed by atoms with E-state index in [0.29, 0.717) is 0 Å². The van der Waals surface area contributed by atoms with E-state index in [1.54, 1.807) is 0 Å². The Kier molecular flexibility index (Phi) is 6.45. The predicted octanol–water partition coefficient (Wildman–Crippen LogP) is 3.01. The van der Waals surface area contributed by atoms with Crippen molar-refractivity contribution in [2.45, 2.75) is 41.0 Å². The minimum Gasteiger partial charge on any atom is -0.304 e. The Morgan fingerprint density at radius 2 is 1.50 bits per heavy atom. The van der Waals surface area contributed by atoms with Gasteiger partial charge in [-0.1, -0.05) is 34.6 Å². The summed E-state index contributed by atoms with van der Waals surface area (Å²) in [5.41, 5.74) is 0. The zero-order valence-corrected chi connectivity index (χ0v) is 9.43. The van der Waals surface area contributed by atoms with E-state index in [2.05, 4.69) is 39.5 Å². The molecule has 0 aliphatic heterocycles. The van der Waals surface area contributed by atoms with Crippen molar-refractivity contribution in [3.8, 4) is 0 Å². The standard InChI is InChI=1S/C11H25N/c1-6-12(7-2)9-8-11(5)10(3)4/h10-11H,6-9H2,1-5H3/t11-/m0/s1. The second-order valence-electron chi connectivity index (χ2n) is 4.04. The van der Waals surface area contributed by atoms with Gasteiger partial charge in [0.05, 0.1) is 0 Å². The van der Waals surface area contributed by atoms with Crippen molar-refractivity contribution in [3.63, 3.8) is 0 Å². The highest BCUT2D eigenvalue weighted by Crippen LogP contribution is 2.14. The molecule has 0 aromatic carbocycles. The van der Waals surface area contributed by atoms with Crippen LogP contribution in [0.25, 0.3) is 0 Å². The number of nitrogens with zero attached hydrogens (tertiary/aromatic N) is 1. The molecule has 0 aliphatic rings. The van der Waals surface area contributed by atoms with Crippen molar-refractivity contribution in [1.82, 2.24) is 4.90 Å². The van der Waals surface area contributed by atoms with Gasteiger partial charge in [-0.2, -0.15) is 0 Å². The van der Waals surface area contributed by atoms with E-state index in [-0.39, 0.29) is 0 Å². The SMILES string of the molecule is CCN(CC)CC[C@H](C)C(C)C. The van der Waals surface area contributed by atoms with Gasteiger partial charge in [-0.25, -0.2) is 0 Å². The van der Waals surface area contributed by atoms with E-state index in [1.165, 1.54) is 26.1 Å². The van der Waals surface area contributed by atoms with E-state index < -0.39 is 0 Å². The first-order chi connectivity index (χ1) is 5.61. The van der Waals surface area contributed by atoms with E-state index in [1.807, 2.05) is 0 Å². The molecule has 74 valence electrons. The molecule has 0 amide bonds. The molecule has 0 rings (SSSR count). The first-order valence-corrected chi connectivity index (χ1v) is 5.34. The zero-order chi connectivity index (χ0) is 9.56. The molecule has 0 saturated heterocycles. The van der Waals surface area contributed by atoms with Crippen LogP contribution in [0.2, 0.25) is 0 Å². The van der Waals surface area contributed by atoms with Gasteiger partial charge in [-0.3, -0.25) is 0 Å². The predicted molar refractivity (Wildman–Crippen MR) is 56.4 cm³/mol. The second kappa shape index (κ2) is 6.47. The van der Waals surface area contributed by atoms with Crippen molar-refractivity contribution < 1.29 is 0 Å². The molecule has 0 heterocycles. The van der Waals surface area contributed by atoms with Gasteiger partial charge < -0.3 is 4.90 Å². The summed E-state index contributed by atoms with van der Waals surface area (Å²) in [6.07, 6.45) is 1.35. The summed E-state index contributed by atoms with van der Waals surface area (Å²) < 4.78 is 0. The molecule has 0 N–H and O–H groups in total. The fourth-order valence-electron chi connectivity index (χ4n) is 1.26. The van der Waals surface area contributed by atoms with Crippen molar-refractivity contribution >= 4 is 0 Å². The van der Waals surface area contributed by atoms with Gasteiger partial charge in [0.15, 0.2) is 0 Å². The fourth-order valence-corrected chi connectivity index (χ4v) is 1.26. The van der Waals surface area contributed by atoms with Crippen LogP contribution in [-0.2, 0) is 0 Å². The van der Waals surface area contributed by atoms with Crippen LogP contribution in [0.5, 0.6) is 0 Å². The van der Waals surface area contributed by atoms with Crippen LogP contribution in [0.3, 0.4) is 0 Å². The van der Waals surface area contributed by atoms with Crippen molar-refractivity contribution in [3.05, 3.63) is 0 Å². The van der Waals surface area contributed by atoms with E-state index in [0.717, 1.165) is 11.8 Å². The van der Waals surface area contributed by atoms with Gasteiger partial charge in [0.1, 0.15) is 0 Å². The van der Waals surface area contributed by atoms with Crippen LogP contribution in [0.1, 0.15) is 41.0 Å². The lowest BCUT2D eigenvalue weighted by atomic mass is 9.94. The third-order valence-corrected chi connectivity index (χ3v) is 2.93. The quantitative estimate of drug-likeness (QED) is 0.594. The second-order valence-corrected chi connectivity index (χ2v) is 4.04. The maximum Gasteiger partial charge on any atom is -0.00163 e. The van der Waals surface area contributed by atoms with Crippen LogP contribution < -0.4 is 0 Å². The molecule has 0 radical (unpaired) electrons. The summed E-state index contributed by atoms with van der Waals surface area (Å²) in [7, 11) is 0. The molecule has 0 saturated carbocycles. The minimum atomic E-state index is 0.834. The highest BCUT2D eigenvalue weighted by molar-refractivity contribution is 4.60. The largest absolute Gasteiger partial charge is 0.304 e. The van der Waals surface area contributed by atoms with Crippen LogP contribution in [0.4, 0.5) is 0 Å². The summed E-state index contributed by atoms with van der Waals surface area (Å²) in [4.78, 5) is 2.50. The molecule has 0 aromatic rings. The monoisotopic (exact) mass is 171 g/mol. The van der Waals surface area contributed by atoms with Crippen LogP contribution in [-0.4, -0.2) is 24.5 Å². The molecular formula is C11H25N. The molecule has 0 fully saturated rings. The zero-order valence-electron chi connectivity index (χ0n) is 9.43. The van der Waals surface area contributed by atoms with E-state index >= 15 is 0 Å². The summed E-state index contributed by atoms with van der Waals surface area (Å²) in [5, 5.41) is 0.